The second kappa shape index (κ2) is 7.75. The maximum Gasteiger partial charge on any atom is 0.263 e. The van der Waals surface area contributed by atoms with Gasteiger partial charge in [0.15, 0.2) is 6.17 Å². The third-order valence-corrected chi connectivity index (χ3v) is 6.17. The zero-order valence-electron chi connectivity index (χ0n) is 18.4. The molecule has 3 heterocycles. The fourth-order valence-corrected chi connectivity index (χ4v) is 4.65. The summed E-state index contributed by atoms with van der Waals surface area (Å²) in [5.74, 6) is 0.610. The Morgan fingerprint density at radius 2 is 1.88 bits per heavy atom. The van der Waals surface area contributed by atoms with Crippen LogP contribution < -0.4 is 11.3 Å². The molecule has 1 aromatic heterocycles. The van der Waals surface area contributed by atoms with Gasteiger partial charge >= 0.3 is 0 Å². The molecule has 0 spiro atoms. The van der Waals surface area contributed by atoms with Crippen molar-refractivity contribution in [3.63, 3.8) is 0 Å². The summed E-state index contributed by atoms with van der Waals surface area (Å²) < 4.78 is 1.79. The molecule has 5 rings (SSSR count). The molecule has 0 aliphatic carbocycles. The maximum absolute atomic E-state index is 13.7. The molecule has 0 fully saturated rings. The number of aryl methyl sites for hydroxylation is 1. The van der Waals surface area contributed by atoms with E-state index in [1.165, 1.54) is 6.34 Å². The first-order chi connectivity index (χ1) is 15.5. The fourth-order valence-electron chi connectivity index (χ4n) is 4.65. The lowest BCUT2D eigenvalue weighted by atomic mass is 9.91. The Hall–Kier alpha value is -3.74. The maximum atomic E-state index is 13.7. The first-order valence-corrected chi connectivity index (χ1v) is 10.8. The second-order valence-electron chi connectivity index (χ2n) is 8.64. The predicted molar refractivity (Wildman–Crippen MR) is 129 cm³/mol. The van der Waals surface area contributed by atoms with E-state index in [1.807, 2.05) is 60.5 Å². The van der Waals surface area contributed by atoms with Crippen LogP contribution in [0.4, 0.5) is 0 Å². The highest BCUT2D eigenvalue weighted by molar-refractivity contribution is 6.10. The Bertz CT molecular complexity index is 1340. The SMILES string of the molecule is Cc1cccc2cc(CN3N=C(C(C)C)C4C(N)=NC=NC43)n(-c3ccccc3)c(=O)c12. The molecule has 7 heteroatoms. The van der Waals surface area contributed by atoms with Crippen molar-refractivity contribution in [2.75, 3.05) is 0 Å². The molecule has 2 unspecified atom stereocenters. The van der Waals surface area contributed by atoms with Crippen LogP contribution >= 0.6 is 0 Å². The normalized spacial score (nSPS) is 19.9. The van der Waals surface area contributed by atoms with Gasteiger partial charge < -0.3 is 5.73 Å². The number of aliphatic imine (C=N–C) groups is 2. The summed E-state index contributed by atoms with van der Waals surface area (Å²) in [6.45, 7) is 6.60. The number of aromatic nitrogens is 1. The quantitative estimate of drug-likeness (QED) is 0.693. The van der Waals surface area contributed by atoms with Crippen LogP contribution in [0.15, 0.2) is 74.5 Å². The van der Waals surface area contributed by atoms with E-state index in [4.69, 9.17) is 10.8 Å². The fraction of sp³-hybridized carbons (Fsp3) is 0.280. The largest absolute Gasteiger partial charge is 0.386 e. The molecule has 32 heavy (non-hydrogen) atoms. The molecule has 3 aromatic rings. The minimum atomic E-state index is -0.252. The van der Waals surface area contributed by atoms with Crippen molar-refractivity contribution in [3.05, 3.63) is 76.2 Å². The summed E-state index contributed by atoms with van der Waals surface area (Å²) in [5.41, 5.74) is 9.82. The van der Waals surface area contributed by atoms with Crippen LogP contribution in [0, 0.1) is 18.8 Å². The van der Waals surface area contributed by atoms with Gasteiger partial charge in [0.05, 0.1) is 23.6 Å². The number of amidine groups is 1. The molecule has 2 N–H and O–H groups in total. The average molecular weight is 427 g/mol. The molecule has 0 saturated heterocycles. The van der Waals surface area contributed by atoms with Crippen LogP contribution in [0.1, 0.15) is 25.1 Å². The number of pyridine rings is 1. The smallest absolute Gasteiger partial charge is 0.263 e. The van der Waals surface area contributed by atoms with Gasteiger partial charge in [0.1, 0.15) is 12.2 Å². The second-order valence-corrected chi connectivity index (χ2v) is 8.64. The van der Waals surface area contributed by atoms with Gasteiger partial charge in [-0.05, 0) is 42.0 Å². The first-order valence-electron chi connectivity index (χ1n) is 10.8. The summed E-state index contributed by atoms with van der Waals surface area (Å²) in [6.07, 6.45) is 1.26. The minimum absolute atomic E-state index is 0.0289. The van der Waals surface area contributed by atoms with Gasteiger partial charge in [0.25, 0.3) is 5.56 Å². The van der Waals surface area contributed by atoms with Crippen LogP contribution in [0.3, 0.4) is 0 Å². The number of hydrogen-bond acceptors (Lipinski definition) is 6. The van der Waals surface area contributed by atoms with E-state index in [2.05, 4.69) is 29.9 Å². The molecule has 0 bridgehead atoms. The van der Waals surface area contributed by atoms with Gasteiger partial charge in [-0.2, -0.15) is 5.10 Å². The third kappa shape index (κ3) is 3.21. The molecule has 0 saturated carbocycles. The number of fused-ring (bicyclic) bond motifs is 2. The van der Waals surface area contributed by atoms with Crippen molar-refractivity contribution in [2.45, 2.75) is 33.5 Å². The number of benzene rings is 2. The summed E-state index contributed by atoms with van der Waals surface area (Å²) in [4.78, 5) is 22.5. The molecule has 0 amide bonds. The van der Waals surface area contributed by atoms with E-state index in [0.29, 0.717) is 12.4 Å². The first kappa shape index (κ1) is 20.2. The number of nitrogens with two attached hydrogens (primary N) is 1. The number of hydrogen-bond donors (Lipinski definition) is 1. The third-order valence-electron chi connectivity index (χ3n) is 6.17. The number of para-hydroxylation sites is 1. The number of rotatable bonds is 4. The van der Waals surface area contributed by atoms with Crippen molar-refractivity contribution >= 4 is 28.7 Å². The molecule has 2 atom stereocenters. The Kier molecular flexibility index (Phi) is 4.89. The van der Waals surface area contributed by atoms with Crippen LogP contribution in [0.25, 0.3) is 16.5 Å². The Morgan fingerprint density at radius 3 is 2.62 bits per heavy atom. The summed E-state index contributed by atoms with van der Waals surface area (Å²) in [5, 5.41) is 8.50. The van der Waals surface area contributed by atoms with Crippen molar-refractivity contribution in [3.8, 4) is 5.69 Å². The Balaban J connectivity index is 1.67. The number of nitrogens with zero attached hydrogens (tertiary/aromatic N) is 5. The van der Waals surface area contributed by atoms with Crippen molar-refractivity contribution in [1.29, 1.82) is 0 Å². The zero-order valence-corrected chi connectivity index (χ0v) is 18.4. The highest BCUT2D eigenvalue weighted by Crippen LogP contribution is 2.31. The van der Waals surface area contributed by atoms with Gasteiger partial charge in [0, 0.05) is 11.4 Å². The topological polar surface area (TPSA) is 88.3 Å². The van der Waals surface area contributed by atoms with E-state index in [1.54, 1.807) is 4.57 Å². The molecular weight excluding hydrogens is 400 g/mol. The average Bonchev–Trinajstić information content (AvgIpc) is 3.14. The number of hydrazone groups is 1. The molecule has 2 aromatic carbocycles. The molecule has 2 aliphatic rings. The lowest BCUT2D eigenvalue weighted by Gasteiger charge is -2.27. The van der Waals surface area contributed by atoms with Crippen molar-refractivity contribution in [1.82, 2.24) is 9.58 Å². The minimum Gasteiger partial charge on any atom is -0.386 e. The highest BCUT2D eigenvalue weighted by Gasteiger charge is 2.42. The summed E-state index contributed by atoms with van der Waals surface area (Å²) >= 11 is 0. The van der Waals surface area contributed by atoms with Crippen LogP contribution in [0.5, 0.6) is 0 Å². The van der Waals surface area contributed by atoms with E-state index in [0.717, 1.165) is 33.4 Å². The van der Waals surface area contributed by atoms with Gasteiger partial charge in [-0.25, -0.2) is 9.98 Å². The molecule has 7 nitrogen and oxygen atoms in total. The van der Waals surface area contributed by atoms with Gasteiger partial charge in [0.2, 0.25) is 0 Å². The van der Waals surface area contributed by atoms with E-state index in [-0.39, 0.29) is 23.6 Å². The lowest BCUT2D eigenvalue weighted by Crippen LogP contribution is -2.43. The Labute approximate surface area is 186 Å². The van der Waals surface area contributed by atoms with E-state index in [9.17, 15) is 4.79 Å². The highest BCUT2D eigenvalue weighted by atomic mass is 16.1. The van der Waals surface area contributed by atoms with E-state index < -0.39 is 0 Å². The molecule has 2 aliphatic heterocycles. The van der Waals surface area contributed by atoms with Crippen molar-refractivity contribution in [2.24, 2.45) is 32.7 Å². The van der Waals surface area contributed by atoms with Crippen LogP contribution in [0.2, 0.25) is 0 Å². The van der Waals surface area contributed by atoms with Crippen molar-refractivity contribution < 1.29 is 0 Å². The summed E-state index contributed by atoms with van der Waals surface area (Å²) in [6, 6.07) is 17.8. The van der Waals surface area contributed by atoms with E-state index >= 15 is 0 Å². The standard InChI is InChI=1S/C25H26N6O/c1-15(2)22-21-23(26)27-14-28-24(21)30(29-22)13-19-12-17-9-7-8-16(3)20(17)25(32)31(19)18-10-5-4-6-11-18/h4-12,14-15,21,24H,13H2,1-3H3,(H2,26,27,28). The molecule has 0 radical (unpaired) electrons. The van der Waals surface area contributed by atoms with Crippen LogP contribution in [-0.4, -0.2) is 33.6 Å². The van der Waals surface area contributed by atoms with Gasteiger partial charge in [-0.15, -0.1) is 0 Å². The zero-order chi connectivity index (χ0) is 22.4. The molecular formula is C25H26N6O. The Morgan fingerprint density at radius 1 is 1.09 bits per heavy atom. The van der Waals surface area contributed by atoms with Crippen LogP contribution in [-0.2, 0) is 6.54 Å². The van der Waals surface area contributed by atoms with Gasteiger partial charge in [-0.1, -0.05) is 50.2 Å². The lowest BCUT2D eigenvalue weighted by molar-refractivity contribution is 0.210. The molecule has 162 valence electrons. The van der Waals surface area contributed by atoms with Gasteiger partial charge in [-0.3, -0.25) is 14.4 Å². The summed E-state index contributed by atoms with van der Waals surface area (Å²) in [7, 11) is 0. The monoisotopic (exact) mass is 426 g/mol. The predicted octanol–water partition coefficient (Wildman–Crippen LogP) is 3.47.